The zero-order valence-electron chi connectivity index (χ0n) is 22.1. The number of aliphatic hydroxyl groups excluding tert-OH is 1. The molecule has 1 aliphatic heterocycles. The van der Waals surface area contributed by atoms with Crippen molar-refractivity contribution in [2.45, 2.75) is 30.4 Å². The summed E-state index contributed by atoms with van der Waals surface area (Å²) in [6.45, 7) is 5.22. The molecule has 2 aromatic heterocycles. The number of aromatic nitrogens is 4. The molecule has 6 rings (SSSR count). The fourth-order valence-electron chi connectivity index (χ4n) is 5.35. The van der Waals surface area contributed by atoms with E-state index in [9.17, 15) is 10.2 Å². The van der Waals surface area contributed by atoms with Crippen molar-refractivity contribution in [2.75, 3.05) is 12.4 Å². The third kappa shape index (κ3) is 3.98. The highest BCUT2D eigenvalue weighted by molar-refractivity contribution is 5.84. The lowest BCUT2D eigenvalue weighted by atomic mass is 9.77. The molecule has 3 aromatic carbocycles. The topological polar surface area (TPSA) is 115 Å². The highest BCUT2D eigenvalue weighted by Crippen LogP contribution is 2.43. The quantitative estimate of drug-likeness (QED) is 0.263. The van der Waals surface area contributed by atoms with Gasteiger partial charge in [0.1, 0.15) is 35.8 Å². The van der Waals surface area contributed by atoms with Gasteiger partial charge in [0.25, 0.3) is 0 Å². The van der Waals surface area contributed by atoms with Gasteiger partial charge in [-0.05, 0) is 35.7 Å². The van der Waals surface area contributed by atoms with Crippen LogP contribution in [-0.4, -0.2) is 48.5 Å². The predicted octanol–water partition coefficient (Wildman–Crippen LogP) is 4.39. The first-order chi connectivity index (χ1) is 19.4. The fourth-order valence-corrected chi connectivity index (χ4v) is 5.35. The summed E-state index contributed by atoms with van der Waals surface area (Å²) in [6.07, 6.45) is 0.729. The number of nitrogens with one attached hydrogen (secondary N) is 1. The fraction of sp³-hybridized carbons (Fsp3) is 0.194. The Labute approximate surface area is 231 Å². The predicted molar refractivity (Wildman–Crippen MR) is 151 cm³/mol. The number of methoxy groups -OCH3 is 1. The first kappa shape index (κ1) is 25.5. The Kier molecular flexibility index (Phi) is 6.25. The maximum atomic E-state index is 11.0. The van der Waals surface area contributed by atoms with Crippen LogP contribution in [0.5, 0.6) is 5.75 Å². The minimum Gasteiger partial charge on any atom is -0.497 e. The molecule has 0 spiro atoms. The zero-order valence-corrected chi connectivity index (χ0v) is 22.1. The Balaban J connectivity index is 1.55. The van der Waals surface area contributed by atoms with Crippen LogP contribution in [0.15, 0.2) is 110 Å². The lowest BCUT2D eigenvalue weighted by molar-refractivity contribution is -0.0918. The van der Waals surface area contributed by atoms with Crippen LogP contribution in [-0.2, 0) is 10.3 Å². The summed E-state index contributed by atoms with van der Waals surface area (Å²) < 4.78 is 12.8. The van der Waals surface area contributed by atoms with Crippen LogP contribution in [0.1, 0.15) is 29.8 Å². The summed E-state index contributed by atoms with van der Waals surface area (Å²) in [7, 11) is 1.64. The number of anilines is 1. The second-order valence-corrected chi connectivity index (χ2v) is 9.95. The Morgan fingerprint density at radius 2 is 1.52 bits per heavy atom. The van der Waals surface area contributed by atoms with Crippen LogP contribution < -0.4 is 10.1 Å². The molecular formula is C31H29N5O4. The van der Waals surface area contributed by atoms with E-state index in [0.29, 0.717) is 17.0 Å². The highest BCUT2D eigenvalue weighted by Gasteiger charge is 2.51. The minimum atomic E-state index is -1.63. The molecule has 40 heavy (non-hydrogen) atoms. The van der Waals surface area contributed by atoms with Gasteiger partial charge < -0.3 is 25.0 Å². The van der Waals surface area contributed by atoms with Crippen molar-refractivity contribution in [2.24, 2.45) is 0 Å². The molecule has 202 valence electrons. The molecule has 0 aliphatic carbocycles. The van der Waals surface area contributed by atoms with E-state index < -0.39 is 23.5 Å². The third-order valence-electron chi connectivity index (χ3n) is 7.48. The SMILES string of the molecule is C=C1O[C@@H](n2cnc3c(NC(c4ccccc4)(c4ccccc4)c4ccc(OC)cc4)ncnc32)[C@](C)(O)[C@@H]1O. The van der Waals surface area contributed by atoms with Crippen molar-refractivity contribution in [3.05, 3.63) is 127 Å². The van der Waals surface area contributed by atoms with Crippen molar-refractivity contribution in [1.82, 2.24) is 19.5 Å². The monoisotopic (exact) mass is 535 g/mol. The summed E-state index contributed by atoms with van der Waals surface area (Å²) in [5.41, 5.74) is 1.31. The average molecular weight is 536 g/mol. The Hall–Kier alpha value is -4.73. The standard InChI is InChI=1S/C31H29N5O4/c1-20-26(37)30(2,38)29(40-20)36-19-34-25-27(32-18-33-28(25)36)35-31(21-10-6-4-7-11-21,22-12-8-5-9-13-22)23-14-16-24(39-3)17-15-23/h4-19,26,29,37-38H,1H2,2-3H3,(H,32,33,35)/t26-,29-,30-/m1/s1. The molecule has 3 atom stereocenters. The molecule has 1 aliphatic rings. The first-order valence-electron chi connectivity index (χ1n) is 12.8. The van der Waals surface area contributed by atoms with E-state index in [-0.39, 0.29) is 5.76 Å². The Bertz CT molecular complexity index is 1610. The van der Waals surface area contributed by atoms with E-state index in [1.54, 1.807) is 11.7 Å². The van der Waals surface area contributed by atoms with Gasteiger partial charge in [-0.2, -0.15) is 0 Å². The number of rotatable bonds is 7. The second-order valence-electron chi connectivity index (χ2n) is 9.95. The van der Waals surface area contributed by atoms with Crippen molar-refractivity contribution < 1.29 is 19.7 Å². The van der Waals surface area contributed by atoms with Gasteiger partial charge in [-0.1, -0.05) is 79.4 Å². The average Bonchev–Trinajstić information content (AvgIpc) is 3.51. The van der Waals surface area contributed by atoms with Gasteiger partial charge in [0, 0.05) is 0 Å². The van der Waals surface area contributed by atoms with E-state index in [1.807, 2.05) is 60.7 Å². The summed E-state index contributed by atoms with van der Waals surface area (Å²) in [5.74, 6) is 1.30. The van der Waals surface area contributed by atoms with Crippen molar-refractivity contribution in [3.63, 3.8) is 0 Å². The maximum absolute atomic E-state index is 11.0. The first-order valence-corrected chi connectivity index (χ1v) is 12.8. The number of hydrogen-bond acceptors (Lipinski definition) is 8. The van der Waals surface area contributed by atoms with Crippen LogP contribution in [0.2, 0.25) is 0 Å². The highest BCUT2D eigenvalue weighted by atomic mass is 16.6. The van der Waals surface area contributed by atoms with Gasteiger partial charge in [0.15, 0.2) is 22.6 Å². The maximum Gasteiger partial charge on any atom is 0.209 e. The smallest absolute Gasteiger partial charge is 0.209 e. The van der Waals surface area contributed by atoms with Gasteiger partial charge in [0.2, 0.25) is 6.23 Å². The van der Waals surface area contributed by atoms with Gasteiger partial charge >= 0.3 is 0 Å². The van der Waals surface area contributed by atoms with Crippen LogP contribution >= 0.6 is 0 Å². The molecule has 0 unspecified atom stereocenters. The lowest BCUT2D eigenvalue weighted by Crippen LogP contribution is -2.41. The van der Waals surface area contributed by atoms with E-state index in [1.165, 1.54) is 19.6 Å². The summed E-state index contributed by atoms with van der Waals surface area (Å²) >= 11 is 0. The van der Waals surface area contributed by atoms with Crippen LogP contribution in [0.4, 0.5) is 5.82 Å². The summed E-state index contributed by atoms with van der Waals surface area (Å²) in [4.78, 5) is 13.7. The lowest BCUT2D eigenvalue weighted by Gasteiger charge is -2.37. The molecule has 0 bridgehead atoms. The van der Waals surface area contributed by atoms with Crippen molar-refractivity contribution in [3.8, 4) is 5.75 Å². The van der Waals surface area contributed by atoms with E-state index in [2.05, 4.69) is 51.1 Å². The Morgan fingerprint density at radius 3 is 2.08 bits per heavy atom. The largest absolute Gasteiger partial charge is 0.497 e. The number of ether oxygens (including phenoxy) is 2. The van der Waals surface area contributed by atoms with Crippen molar-refractivity contribution in [1.29, 1.82) is 0 Å². The Morgan fingerprint density at radius 1 is 0.925 bits per heavy atom. The third-order valence-corrected chi connectivity index (χ3v) is 7.48. The molecule has 1 saturated heterocycles. The normalized spacial score (nSPS) is 20.9. The number of hydrogen-bond donors (Lipinski definition) is 3. The number of benzene rings is 3. The summed E-state index contributed by atoms with van der Waals surface area (Å²) in [6, 6.07) is 28.1. The van der Waals surface area contributed by atoms with Crippen LogP contribution in [0.25, 0.3) is 11.2 Å². The van der Waals surface area contributed by atoms with Gasteiger partial charge in [0.05, 0.1) is 7.11 Å². The number of fused-ring (bicyclic) bond motifs is 1. The van der Waals surface area contributed by atoms with Crippen LogP contribution in [0, 0.1) is 0 Å². The van der Waals surface area contributed by atoms with Crippen LogP contribution in [0.3, 0.4) is 0 Å². The molecule has 3 heterocycles. The van der Waals surface area contributed by atoms with E-state index in [4.69, 9.17) is 9.47 Å². The molecule has 3 N–H and O–H groups in total. The van der Waals surface area contributed by atoms with E-state index in [0.717, 1.165) is 22.4 Å². The molecule has 9 nitrogen and oxygen atoms in total. The van der Waals surface area contributed by atoms with Gasteiger partial charge in [-0.15, -0.1) is 0 Å². The molecule has 0 amide bonds. The molecule has 0 saturated carbocycles. The second kappa shape index (κ2) is 9.78. The number of imidazole rings is 1. The van der Waals surface area contributed by atoms with Gasteiger partial charge in [-0.3, -0.25) is 4.57 Å². The molecular weight excluding hydrogens is 506 g/mol. The number of aliphatic hydroxyl groups is 2. The molecule has 9 heteroatoms. The van der Waals surface area contributed by atoms with Gasteiger partial charge in [-0.25, -0.2) is 15.0 Å². The molecule has 1 fully saturated rings. The molecule has 0 radical (unpaired) electrons. The minimum absolute atomic E-state index is 0.0796. The van der Waals surface area contributed by atoms with Crippen molar-refractivity contribution >= 4 is 17.0 Å². The number of nitrogens with zero attached hydrogens (tertiary/aromatic N) is 4. The van der Waals surface area contributed by atoms with E-state index >= 15 is 0 Å². The molecule has 5 aromatic rings. The zero-order chi connectivity index (χ0) is 27.9. The summed E-state index contributed by atoms with van der Waals surface area (Å²) in [5, 5.41) is 25.2.